The Bertz CT molecular complexity index is 233. The molecule has 0 saturated heterocycles. The van der Waals surface area contributed by atoms with Gasteiger partial charge in [0.15, 0.2) is 0 Å². The Kier molecular flexibility index (Phi) is 2.52. The first kappa shape index (κ1) is 9.97. The van der Waals surface area contributed by atoms with Crippen molar-refractivity contribution in [2.45, 2.75) is 44.6 Å². The van der Waals surface area contributed by atoms with E-state index in [1.807, 2.05) is 0 Å². The predicted octanol–water partition coefficient (Wildman–Crippen LogP) is 1.03. The van der Waals surface area contributed by atoms with Gasteiger partial charge in [0.1, 0.15) is 0 Å². The van der Waals surface area contributed by atoms with E-state index in [0.29, 0.717) is 5.92 Å². The molecule has 0 aromatic rings. The van der Waals surface area contributed by atoms with Crippen molar-refractivity contribution in [3.8, 4) is 0 Å². The largest absolute Gasteiger partial charge is 0.354 e. The van der Waals surface area contributed by atoms with Gasteiger partial charge in [0.05, 0.1) is 5.54 Å². The van der Waals surface area contributed by atoms with Crippen molar-refractivity contribution in [3.05, 3.63) is 0 Å². The number of nitrogens with one attached hydrogen (secondary N) is 1. The summed E-state index contributed by atoms with van der Waals surface area (Å²) in [5.41, 5.74) is 5.49. The van der Waals surface area contributed by atoms with Crippen LogP contribution < -0.4 is 11.1 Å². The second kappa shape index (κ2) is 3.54. The maximum absolute atomic E-state index is 11.8. The highest BCUT2D eigenvalue weighted by Crippen LogP contribution is 2.37. The van der Waals surface area contributed by atoms with Crippen LogP contribution in [0.4, 0.5) is 0 Å². The molecule has 2 unspecified atom stereocenters. The Morgan fingerprint density at radius 3 is 2.57 bits per heavy atom. The lowest BCUT2D eigenvalue weighted by Crippen LogP contribution is -2.52. The third-order valence-corrected chi connectivity index (χ3v) is 3.75. The molecule has 0 aromatic heterocycles. The van der Waals surface area contributed by atoms with Crippen molar-refractivity contribution in [2.24, 2.45) is 17.6 Å². The second-order valence-corrected chi connectivity index (χ2v) is 5.05. The zero-order chi connectivity index (χ0) is 10.2. The molecule has 0 aliphatic heterocycles. The standard InChI is InChI=1S/C11H20N2O/c1-8-6-9(8)7-13-10(14)11(12)4-2-3-5-11/h8-9H,2-7,12H2,1H3,(H,13,14). The second-order valence-electron chi connectivity index (χ2n) is 5.05. The number of hydrogen-bond donors (Lipinski definition) is 2. The highest BCUT2D eigenvalue weighted by atomic mass is 16.2. The highest BCUT2D eigenvalue weighted by molar-refractivity contribution is 5.86. The summed E-state index contributed by atoms with van der Waals surface area (Å²) in [6, 6.07) is 0. The van der Waals surface area contributed by atoms with Gasteiger partial charge in [0, 0.05) is 6.54 Å². The molecule has 2 saturated carbocycles. The van der Waals surface area contributed by atoms with Crippen molar-refractivity contribution in [1.82, 2.24) is 5.32 Å². The molecule has 2 fully saturated rings. The molecule has 0 radical (unpaired) electrons. The number of nitrogens with two attached hydrogens (primary N) is 1. The van der Waals surface area contributed by atoms with Gasteiger partial charge in [0.2, 0.25) is 5.91 Å². The van der Waals surface area contributed by atoms with Gasteiger partial charge in [-0.1, -0.05) is 19.8 Å². The van der Waals surface area contributed by atoms with Crippen molar-refractivity contribution >= 4 is 5.91 Å². The lowest BCUT2D eigenvalue weighted by Gasteiger charge is -2.22. The molecule has 0 bridgehead atoms. The van der Waals surface area contributed by atoms with Gasteiger partial charge in [-0.2, -0.15) is 0 Å². The summed E-state index contributed by atoms with van der Waals surface area (Å²) in [6.45, 7) is 3.06. The summed E-state index contributed by atoms with van der Waals surface area (Å²) >= 11 is 0. The van der Waals surface area contributed by atoms with Crippen molar-refractivity contribution < 1.29 is 4.79 Å². The van der Waals surface area contributed by atoms with E-state index in [-0.39, 0.29) is 5.91 Å². The van der Waals surface area contributed by atoms with Crippen LogP contribution in [0.15, 0.2) is 0 Å². The van der Waals surface area contributed by atoms with E-state index in [2.05, 4.69) is 12.2 Å². The Balaban J connectivity index is 1.77. The molecule has 0 spiro atoms. The van der Waals surface area contributed by atoms with Gasteiger partial charge in [0.25, 0.3) is 0 Å². The fraction of sp³-hybridized carbons (Fsp3) is 0.909. The molecule has 0 heterocycles. The zero-order valence-corrected chi connectivity index (χ0v) is 8.88. The fourth-order valence-corrected chi connectivity index (χ4v) is 2.32. The Hall–Kier alpha value is -0.570. The van der Waals surface area contributed by atoms with Gasteiger partial charge in [-0.05, 0) is 31.1 Å². The summed E-state index contributed by atoms with van der Waals surface area (Å²) in [6.07, 6.45) is 5.18. The van der Waals surface area contributed by atoms with E-state index in [1.165, 1.54) is 6.42 Å². The molecule has 2 aliphatic carbocycles. The average Bonchev–Trinajstić information content (AvgIpc) is 2.65. The van der Waals surface area contributed by atoms with E-state index >= 15 is 0 Å². The lowest BCUT2D eigenvalue weighted by molar-refractivity contribution is -0.126. The Morgan fingerprint density at radius 1 is 1.50 bits per heavy atom. The Labute approximate surface area is 85.4 Å². The van der Waals surface area contributed by atoms with E-state index in [1.54, 1.807) is 0 Å². The van der Waals surface area contributed by atoms with Crippen molar-refractivity contribution in [2.75, 3.05) is 6.54 Å². The maximum atomic E-state index is 11.8. The smallest absolute Gasteiger partial charge is 0.240 e. The van der Waals surface area contributed by atoms with Crippen LogP contribution in [0.25, 0.3) is 0 Å². The molecule has 14 heavy (non-hydrogen) atoms. The summed E-state index contributed by atoms with van der Waals surface area (Å²) in [4.78, 5) is 11.8. The van der Waals surface area contributed by atoms with E-state index < -0.39 is 5.54 Å². The van der Waals surface area contributed by atoms with Crippen LogP contribution in [0.1, 0.15) is 39.0 Å². The van der Waals surface area contributed by atoms with Crippen LogP contribution in [0, 0.1) is 11.8 Å². The Morgan fingerprint density at radius 2 is 2.07 bits per heavy atom. The molecule has 80 valence electrons. The third-order valence-electron chi connectivity index (χ3n) is 3.75. The quantitative estimate of drug-likeness (QED) is 0.708. The van der Waals surface area contributed by atoms with E-state index in [9.17, 15) is 4.79 Å². The number of carbonyl (C=O) groups is 1. The molecular weight excluding hydrogens is 176 g/mol. The summed E-state index contributed by atoms with van der Waals surface area (Å²) in [5.74, 6) is 1.59. The van der Waals surface area contributed by atoms with Gasteiger partial charge < -0.3 is 11.1 Å². The number of carbonyl (C=O) groups excluding carboxylic acids is 1. The molecule has 2 rings (SSSR count). The van der Waals surface area contributed by atoms with Gasteiger partial charge >= 0.3 is 0 Å². The van der Waals surface area contributed by atoms with Crippen molar-refractivity contribution in [3.63, 3.8) is 0 Å². The maximum Gasteiger partial charge on any atom is 0.240 e. The predicted molar refractivity (Wildman–Crippen MR) is 55.7 cm³/mol. The first-order valence-corrected chi connectivity index (χ1v) is 5.69. The summed E-state index contributed by atoms with van der Waals surface area (Å²) in [5, 5.41) is 2.99. The molecule has 0 aromatic carbocycles. The fourth-order valence-electron chi connectivity index (χ4n) is 2.32. The molecule has 1 amide bonds. The SMILES string of the molecule is CC1CC1CNC(=O)C1(N)CCCC1. The minimum atomic E-state index is -0.544. The van der Waals surface area contributed by atoms with Crippen molar-refractivity contribution in [1.29, 1.82) is 0 Å². The van der Waals surface area contributed by atoms with Crippen LogP contribution >= 0.6 is 0 Å². The summed E-state index contributed by atoms with van der Waals surface area (Å²) in [7, 11) is 0. The van der Waals surface area contributed by atoms with Crippen LogP contribution in [0.3, 0.4) is 0 Å². The molecule has 2 atom stereocenters. The monoisotopic (exact) mass is 196 g/mol. The number of hydrogen-bond acceptors (Lipinski definition) is 2. The minimum Gasteiger partial charge on any atom is -0.354 e. The van der Waals surface area contributed by atoms with Gasteiger partial charge in [-0.15, -0.1) is 0 Å². The summed E-state index contributed by atoms with van der Waals surface area (Å²) < 4.78 is 0. The van der Waals surface area contributed by atoms with Crippen LogP contribution in [0.5, 0.6) is 0 Å². The molecule has 3 nitrogen and oxygen atoms in total. The lowest BCUT2D eigenvalue weighted by atomic mass is 9.98. The zero-order valence-electron chi connectivity index (χ0n) is 8.88. The topological polar surface area (TPSA) is 55.1 Å². The first-order chi connectivity index (χ1) is 6.62. The van der Waals surface area contributed by atoms with Gasteiger partial charge in [-0.25, -0.2) is 0 Å². The van der Waals surface area contributed by atoms with Crippen LogP contribution in [0.2, 0.25) is 0 Å². The minimum absolute atomic E-state index is 0.0779. The molecule has 2 aliphatic rings. The number of amides is 1. The van der Waals surface area contributed by atoms with E-state index in [0.717, 1.165) is 38.1 Å². The molecule has 3 N–H and O–H groups in total. The number of rotatable bonds is 3. The van der Waals surface area contributed by atoms with Gasteiger partial charge in [-0.3, -0.25) is 4.79 Å². The first-order valence-electron chi connectivity index (χ1n) is 5.69. The average molecular weight is 196 g/mol. The van der Waals surface area contributed by atoms with E-state index in [4.69, 9.17) is 5.73 Å². The molecular formula is C11H20N2O. The normalized spacial score (nSPS) is 34.1. The van der Waals surface area contributed by atoms with Crippen LogP contribution in [-0.2, 0) is 4.79 Å². The highest BCUT2D eigenvalue weighted by Gasteiger charge is 2.38. The van der Waals surface area contributed by atoms with Crippen LogP contribution in [-0.4, -0.2) is 18.0 Å². The molecule has 3 heteroatoms. The third kappa shape index (κ3) is 1.92.